The van der Waals surface area contributed by atoms with Crippen molar-refractivity contribution in [2.75, 3.05) is 18.4 Å². The van der Waals surface area contributed by atoms with Crippen molar-refractivity contribution < 1.29 is 13.6 Å². The van der Waals surface area contributed by atoms with E-state index in [1.54, 1.807) is 0 Å². The smallest absolute Gasteiger partial charge is 0.260 e. The lowest BCUT2D eigenvalue weighted by Gasteiger charge is -2.40. The molecule has 1 aromatic heterocycles. The highest BCUT2D eigenvalue weighted by molar-refractivity contribution is 5.78. The third-order valence-corrected chi connectivity index (χ3v) is 6.23. The highest BCUT2D eigenvalue weighted by Gasteiger charge is 2.38. The molecular weight excluding hydrogens is 374 g/mol. The molecule has 2 aliphatic heterocycles. The number of hydrogen-bond donors (Lipinski definition) is 1. The predicted molar refractivity (Wildman–Crippen MR) is 108 cm³/mol. The van der Waals surface area contributed by atoms with Gasteiger partial charge in [-0.3, -0.25) is 4.79 Å². The van der Waals surface area contributed by atoms with Crippen LogP contribution in [0.1, 0.15) is 42.1 Å². The fourth-order valence-corrected chi connectivity index (χ4v) is 4.55. The Kier molecular flexibility index (Phi) is 5.56. The summed E-state index contributed by atoms with van der Waals surface area (Å²) < 4.78 is 28.7. The summed E-state index contributed by atoms with van der Waals surface area (Å²) in [6.07, 6.45) is 0.0152. The van der Waals surface area contributed by atoms with Crippen molar-refractivity contribution in [2.45, 2.75) is 58.0 Å². The standard InChI is InChI=1S/C22H28F2N4O/c1-14-3-5-16(6-4-14)12-21(29)27-9-7-17(8-10-27)18-13-19(22(23)24)28-20(25-18)11-15(2)26-28/h3-6,11,17-19,22,25H,7-10,12-13H2,1-2H3/t18-,19+/m0/s1. The van der Waals surface area contributed by atoms with Crippen LogP contribution in [-0.2, 0) is 11.2 Å². The van der Waals surface area contributed by atoms with Gasteiger partial charge in [0.15, 0.2) is 0 Å². The molecule has 2 aliphatic rings. The zero-order valence-electron chi connectivity index (χ0n) is 16.9. The highest BCUT2D eigenvalue weighted by atomic mass is 19.3. The van der Waals surface area contributed by atoms with Gasteiger partial charge in [-0.2, -0.15) is 5.10 Å². The maximum Gasteiger partial charge on any atom is 0.260 e. The lowest BCUT2D eigenvalue weighted by atomic mass is 9.85. The highest BCUT2D eigenvalue weighted by Crippen LogP contribution is 2.36. The quantitative estimate of drug-likeness (QED) is 0.842. The third-order valence-electron chi connectivity index (χ3n) is 6.23. The van der Waals surface area contributed by atoms with E-state index in [0.29, 0.717) is 31.7 Å². The zero-order chi connectivity index (χ0) is 20.5. The summed E-state index contributed by atoms with van der Waals surface area (Å²) in [7, 11) is 0. The fourth-order valence-electron chi connectivity index (χ4n) is 4.55. The van der Waals surface area contributed by atoms with Gasteiger partial charge in [0.1, 0.15) is 11.9 Å². The summed E-state index contributed by atoms with van der Waals surface area (Å²) in [6.45, 7) is 5.22. The first-order chi connectivity index (χ1) is 13.9. The fraction of sp³-hybridized carbons (Fsp3) is 0.545. The molecule has 156 valence electrons. The average Bonchev–Trinajstić information content (AvgIpc) is 3.09. The molecule has 2 aromatic rings. The lowest BCUT2D eigenvalue weighted by Crippen LogP contribution is -2.46. The molecule has 1 N–H and O–H groups in total. The molecule has 3 heterocycles. The Morgan fingerprint density at radius 3 is 2.55 bits per heavy atom. The van der Waals surface area contributed by atoms with E-state index >= 15 is 0 Å². The molecule has 0 saturated carbocycles. The van der Waals surface area contributed by atoms with Gasteiger partial charge in [-0.25, -0.2) is 13.5 Å². The number of nitrogens with zero attached hydrogens (tertiary/aromatic N) is 3. The van der Waals surface area contributed by atoms with E-state index in [0.717, 1.165) is 24.1 Å². The van der Waals surface area contributed by atoms with Gasteiger partial charge in [-0.05, 0) is 44.6 Å². The number of benzene rings is 1. The SMILES string of the molecule is Cc1ccc(CC(=O)N2CCC([C@@H]3C[C@H](C(F)F)n4nc(C)cc4N3)CC2)cc1. The van der Waals surface area contributed by atoms with Crippen molar-refractivity contribution in [2.24, 2.45) is 5.92 Å². The number of fused-ring (bicyclic) bond motifs is 1. The Labute approximate surface area is 170 Å². The van der Waals surface area contributed by atoms with E-state index in [4.69, 9.17) is 0 Å². The van der Waals surface area contributed by atoms with E-state index < -0.39 is 12.5 Å². The molecule has 4 rings (SSSR count). The van der Waals surface area contributed by atoms with Crippen molar-refractivity contribution in [3.63, 3.8) is 0 Å². The van der Waals surface area contributed by atoms with Crippen LogP contribution >= 0.6 is 0 Å². The van der Waals surface area contributed by atoms with Crippen LogP contribution in [0.15, 0.2) is 30.3 Å². The van der Waals surface area contributed by atoms with Crippen LogP contribution in [0.4, 0.5) is 14.6 Å². The van der Waals surface area contributed by atoms with Gasteiger partial charge in [-0.1, -0.05) is 29.8 Å². The molecule has 5 nitrogen and oxygen atoms in total. The first-order valence-electron chi connectivity index (χ1n) is 10.3. The second-order valence-electron chi connectivity index (χ2n) is 8.38. The number of halogens is 2. The van der Waals surface area contributed by atoms with Gasteiger partial charge in [0.2, 0.25) is 5.91 Å². The van der Waals surface area contributed by atoms with Crippen LogP contribution in [0.25, 0.3) is 0 Å². The Hall–Kier alpha value is -2.44. The molecule has 1 saturated heterocycles. The monoisotopic (exact) mass is 402 g/mol. The van der Waals surface area contributed by atoms with E-state index in [1.807, 2.05) is 49.1 Å². The number of rotatable bonds is 4. The van der Waals surface area contributed by atoms with E-state index in [9.17, 15) is 13.6 Å². The molecule has 0 aliphatic carbocycles. The number of piperidine rings is 1. The number of carbonyl (C=O) groups is 1. The minimum atomic E-state index is -2.44. The number of aryl methyl sites for hydroxylation is 2. The number of nitrogens with one attached hydrogen (secondary N) is 1. The maximum absolute atomic E-state index is 13.6. The molecule has 29 heavy (non-hydrogen) atoms. The second-order valence-corrected chi connectivity index (χ2v) is 8.38. The summed E-state index contributed by atoms with van der Waals surface area (Å²) in [5.74, 6) is 1.11. The Morgan fingerprint density at radius 2 is 1.90 bits per heavy atom. The summed E-state index contributed by atoms with van der Waals surface area (Å²) in [5, 5.41) is 7.66. The molecular formula is C22H28F2N4O. The first kappa shape index (κ1) is 19.9. The molecule has 2 atom stereocenters. The summed E-state index contributed by atoms with van der Waals surface area (Å²) in [4.78, 5) is 14.6. The number of aromatic nitrogens is 2. The van der Waals surface area contributed by atoms with Gasteiger partial charge in [0, 0.05) is 25.2 Å². The summed E-state index contributed by atoms with van der Waals surface area (Å²) in [6, 6.07) is 8.99. The van der Waals surface area contributed by atoms with Crippen molar-refractivity contribution in [1.82, 2.24) is 14.7 Å². The molecule has 1 aromatic carbocycles. The van der Waals surface area contributed by atoms with Crippen LogP contribution in [0.3, 0.4) is 0 Å². The summed E-state index contributed by atoms with van der Waals surface area (Å²) in [5.41, 5.74) is 2.95. The van der Waals surface area contributed by atoms with Crippen molar-refractivity contribution in [3.05, 3.63) is 47.2 Å². The van der Waals surface area contributed by atoms with Crippen molar-refractivity contribution in [1.29, 1.82) is 0 Å². The zero-order valence-corrected chi connectivity index (χ0v) is 16.9. The number of likely N-dealkylation sites (tertiary alicyclic amines) is 1. The molecule has 0 spiro atoms. The molecule has 1 fully saturated rings. The van der Waals surface area contributed by atoms with Crippen molar-refractivity contribution >= 4 is 11.7 Å². The van der Waals surface area contributed by atoms with Gasteiger partial charge in [0.25, 0.3) is 6.43 Å². The van der Waals surface area contributed by atoms with E-state index in [2.05, 4.69) is 10.4 Å². The maximum atomic E-state index is 13.6. The number of alkyl halides is 2. The van der Waals surface area contributed by atoms with E-state index in [-0.39, 0.29) is 17.9 Å². The molecule has 0 unspecified atom stereocenters. The largest absolute Gasteiger partial charge is 0.367 e. The number of carbonyl (C=O) groups excluding carboxylic acids is 1. The van der Waals surface area contributed by atoms with Gasteiger partial charge < -0.3 is 10.2 Å². The summed E-state index contributed by atoms with van der Waals surface area (Å²) >= 11 is 0. The topological polar surface area (TPSA) is 50.2 Å². The predicted octanol–water partition coefficient (Wildman–Crippen LogP) is 3.97. The van der Waals surface area contributed by atoms with Crippen LogP contribution in [-0.4, -0.2) is 46.1 Å². The Bertz CT molecular complexity index is 856. The minimum absolute atomic E-state index is 0.00745. The molecule has 1 amide bonds. The van der Waals surface area contributed by atoms with Crippen LogP contribution in [0.2, 0.25) is 0 Å². The van der Waals surface area contributed by atoms with Gasteiger partial charge in [-0.15, -0.1) is 0 Å². The lowest BCUT2D eigenvalue weighted by molar-refractivity contribution is -0.131. The van der Waals surface area contributed by atoms with Crippen molar-refractivity contribution in [3.8, 4) is 0 Å². The average molecular weight is 402 g/mol. The number of hydrogen-bond acceptors (Lipinski definition) is 3. The van der Waals surface area contributed by atoms with Gasteiger partial charge >= 0.3 is 0 Å². The van der Waals surface area contributed by atoms with Crippen LogP contribution in [0.5, 0.6) is 0 Å². The van der Waals surface area contributed by atoms with Crippen LogP contribution in [0, 0.1) is 19.8 Å². The molecule has 0 radical (unpaired) electrons. The third kappa shape index (κ3) is 4.28. The molecule has 0 bridgehead atoms. The first-order valence-corrected chi connectivity index (χ1v) is 10.3. The normalized spacial score (nSPS) is 22.4. The Morgan fingerprint density at radius 1 is 1.21 bits per heavy atom. The Balaban J connectivity index is 1.36. The van der Waals surface area contributed by atoms with Gasteiger partial charge in [0.05, 0.1) is 12.1 Å². The number of anilines is 1. The minimum Gasteiger partial charge on any atom is -0.367 e. The van der Waals surface area contributed by atoms with Crippen LogP contribution < -0.4 is 5.32 Å². The second kappa shape index (κ2) is 8.13. The molecule has 7 heteroatoms. The van der Waals surface area contributed by atoms with E-state index in [1.165, 1.54) is 10.2 Å². The number of amides is 1.